The topological polar surface area (TPSA) is 78.9 Å². The van der Waals surface area contributed by atoms with Crippen molar-refractivity contribution in [2.24, 2.45) is 11.7 Å². The van der Waals surface area contributed by atoms with Crippen molar-refractivity contribution in [3.8, 4) is 6.07 Å². The van der Waals surface area contributed by atoms with Gasteiger partial charge in [0.25, 0.3) is 0 Å². The molecule has 0 spiro atoms. The minimum atomic E-state index is -0.290. The lowest BCUT2D eigenvalue weighted by molar-refractivity contribution is -0.119. The van der Waals surface area contributed by atoms with Crippen molar-refractivity contribution >= 4 is 23.2 Å². The van der Waals surface area contributed by atoms with E-state index in [0.717, 1.165) is 0 Å². The number of amides is 1. The molecule has 4 nitrogen and oxygen atoms in total. The SMILES string of the molecule is CC(CN)C(=O)Nc1cc(C#N)ccc1Cl. The maximum absolute atomic E-state index is 11.6. The minimum absolute atomic E-state index is 0.209. The van der Waals surface area contributed by atoms with Crippen LogP contribution < -0.4 is 11.1 Å². The van der Waals surface area contributed by atoms with Gasteiger partial charge in [-0.2, -0.15) is 5.26 Å². The molecule has 1 unspecified atom stereocenters. The number of nitrogens with one attached hydrogen (secondary N) is 1. The molecule has 16 heavy (non-hydrogen) atoms. The van der Waals surface area contributed by atoms with Crippen molar-refractivity contribution in [2.45, 2.75) is 6.92 Å². The summed E-state index contributed by atoms with van der Waals surface area (Å²) in [6.07, 6.45) is 0. The van der Waals surface area contributed by atoms with Gasteiger partial charge in [-0.1, -0.05) is 18.5 Å². The Bertz CT molecular complexity index is 439. The second-order valence-corrected chi connectivity index (χ2v) is 3.84. The Balaban J connectivity index is 2.89. The van der Waals surface area contributed by atoms with Gasteiger partial charge in [0.05, 0.1) is 22.3 Å². The molecule has 5 heteroatoms. The fraction of sp³-hybridized carbons (Fsp3) is 0.273. The number of anilines is 1. The van der Waals surface area contributed by atoms with Crippen LogP contribution in [-0.2, 0) is 4.79 Å². The highest BCUT2D eigenvalue weighted by molar-refractivity contribution is 6.33. The van der Waals surface area contributed by atoms with E-state index in [1.165, 1.54) is 6.07 Å². The summed E-state index contributed by atoms with van der Waals surface area (Å²) in [5.41, 5.74) is 6.26. The molecule has 0 aromatic heterocycles. The van der Waals surface area contributed by atoms with Crippen molar-refractivity contribution in [3.63, 3.8) is 0 Å². The molecule has 0 radical (unpaired) electrons. The molecule has 1 amide bonds. The van der Waals surface area contributed by atoms with E-state index in [2.05, 4.69) is 5.32 Å². The Hall–Kier alpha value is -1.57. The van der Waals surface area contributed by atoms with Gasteiger partial charge in [0.2, 0.25) is 5.91 Å². The van der Waals surface area contributed by atoms with Crippen LogP contribution >= 0.6 is 11.6 Å². The van der Waals surface area contributed by atoms with Gasteiger partial charge < -0.3 is 11.1 Å². The zero-order chi connectivity index (χ0) is 12.1. The maximum Gasteiger partial charge on any atom is 0.228 e. The molecule has 84 valence electrons. The van der Waals surface area contributed by atoms with Crippen LogP contribution in [0.15, 0.2) is 18.2 Å². The summed E-state index contributed by atoms with van der Waals surface area (Å²) in [5.74, 6) is -0.499. The van der Waals surface area contributed by atoms with Crippen LogP contribution in [0.3, 0.4) is 0 Å². The van der Waals surface area contributed by atoms with Crippen LogP contribution in [0.1, 0.15) is 12.5 Å². The Morgan fingerprint density at radius 2 is 2.38 bits per heavy atom. The van der Waals surface area contributed by atoms with E-state index in [-0.39, 0.29) is 18.4 Å². The highest BCUT2D eigenvalue weighted by atomic mass is 35.5. The number of carbonyl (C=O) groups excluding carboxylic acids is 1. The molecule has 0 heterocycles. The summed E-state index contributed by atoms with van der Waals surface area (Å²) in [6, 6.07) is 6.67. The van der Waals surface area contributed by atoms with E-state index < -0.39 is 0 Å². The predicted molar refractivity (Wildman–Crippen MR) is 63.0 cm³/mol. The monoisotopic (exact) mass is 237 g/mol. The second-order valence-electron chi connectivity index (χ2n) is 3.43. The molecular weight excluding hydrogens is 226 g/mol. The number of carbonyl (C=O) groups is 1. The Labute approximate surface area is 99.0 Å². The average molecular weight is 238 g/mol. The summed E-state index contributed by atoms with van der Waals surface area (Å²) in [7, 11) is 0. The van der Waals surface area contributed by atoms with Crippen LogP contribution in [0.4, 0.5) is 5.69 Å². The average Bonchev–Trinajstić information content (AvgIpc) is 2.30. The van der Waals surface area contributed by atoms with Crippen molar-refractivity contribution < 1.29 is 4.79 Å². The number of nitrogens with two attached hydrogens (primary N) is 1. The summed E-state index contributed by atoms with van der Waals surface area (Å²) in [4.78, 5) is 11.6. The number of halogens is 1. The number of hydrogen-bond acceptors (Lipinski definition) is 3. The highest BCUT2D eigenvalue weighted by Gasteiger charge is 2.12. The third kappa shape index (κ3) is 2.96. The molecule has 3 N–H and O–H groups in total. The molecule has 0 aliphatic carbocycles. The van der Waals surface area contributed by atoms with Crippen molar-refractivity contribution in [2.75, 3.05) is 11.9 Å². The molecule has 1 atom stereocenters. The number of rotatable bonds is 3. The minimum Gasteiger partial charge on any atom is -0.330 e. The van der Waals surface area contributed by atoms with E-state index in [4.69, 9.17) is 22.6 Å². The van der Waals surface area contributed by atoms with Crippen LogP contribution in [0.5, 0.6) is 0 Å². The summed E-state index contributed by atoms with van der Waals surface area (Å²) < 4.78 is 0. The summed E-state index contributed by atoms with van der Waals surface area (Å²) in [5, 5.41) is 11.7. The molecular formula is C11H12ClN3O. The first kappa shape index (κ1) is 12.5. The quantitative estimate of drug-likeness (QED) is 0.841. The number of nitrogens with zero attached hydrogens (tertiary/aromatic N) is 1. The molecule has 0 fully saturated rings. The number of hydrogen-bond donors (Lipinski definition) is 2. The fourth-order valence-electron chi connectivity index (χ4n) is 1.05. The third-order valence-corrected chi connectivity index (χ3v) is 2.48. The molecule has 0 aliphatic heterocycles. The standard InChI is InChI=1S/C11H12ClN3O/c1-7(5-13)11(16)15-10-4-8(6-14)2-3-9(10)12/h2-4,7H,5,13H2,1H3,(H,15,16). The fourth-order valence-corrected chi connectivity index (χ4v) is 1.22. The van der Waals surface area contributed by atoms with E-state index in [9.17, 15) is 4.79 Å². The molecule has 1 rings (SSSR count). The van der Waals surface area contributed by atoms with Gasteiger partial charge >= 0.3 is 0 Å². The lowest BCUT2D eigenvalue weighted by Crippen LogP contribution is -2.26. The molecule has 0 aliphatic rings. The van der Waals surface area contributed by atoms with Crippen LogP contribution in [-0.4, -0.2) is 12.5 Å². The van der Waals surface area contributed by atoms with Gasteiger partial charge in [-0.25, -0.2) is 0 Å². The third-order valence-electron chi connectivity index (χ3n) is 2.15. The second kappa shape index (κ2) is 5.50. The van der Waals surface area contributed by atoms with Crippen LogP contribution in [0.25, 0.3) is 0 Å². The first-order valence-corrected chi connectivity index (χ1v) is 5.17. The Morgan fingerprint density at radius 1 is 1.69 bits per heavy atom. The van der Waals surface area contributed by atoms with Crippen molar-refractivity contribution in [1.82, 2.24) is 0 Å². The largest absolute Gasteiger partial charge is 0.330 e. The normalized spacial score (nSPS) is 11.6. The number of nitriles is 1. The highest BCUT2D eigenvalue weighted by Crippen LogP contribution is 2.23. The van der Waals surface area contributed by atoms with Gasteiger partial charge in [0.1, 0.15) is 0 Å². The van der Waals surface area contributed by atoms with Gasteiger partial charge in [0.15, 0.2) is 0 Å². The molecule has 0 saturated heterocycles. The number of benzene rings is 1. The van der Waals surface area contributed by atoms with E-state index in [0.29, 0.717) is 16.3 Å². The molecule has 0 bridgehead atoms. The predicted octanol–water partition coefficient (Wildman–Crippen LogP) is 1.74. The lowest BCUT2D eigenvalue weighted by atomic mass is 10.1. The van der Waals surface area contributed by atoms with Crippen LogP contribution in [0.2, 0.25) is 5.02 Å². The van der Waals surface area contributed by atoms with E-state index in [1.54, 1.807) is 19.1 Å². The zero-order valence-electron chi connectivity index (χ0n) is 8.83. The van der Waals surface area contributed by atoms with Crippen molar-refractivity contribution in [3.05, 3.63) is 28.8 Å². The summed E-state index contributed by atoms with van der Waals surface area (Å²) >= 11 is 5.89. The lowest BCUT2D eigenvalue weighted by Gasteiger charge is -2.11. The first-order valence-electron chi connectivity index (χ1n) is 4.79. The molecule has 0 saturated carbocycles. The Kier molecular flexibility index (Phi) is 4.29. The first-order chi connectivity index (χ1) is 7.58. The maximum atomic E-state index is 11.6. The van der Waals surface area contributed by atoms with Gasteiger partial charge in [-0.15, -0.1) is 0 Å². The van der Waals surface area contributed by atoms with Crippen LogP contribution in [0, 0.1) is 17.2 Å². The van der Waals surface area contributed by atoms with Gasteiger partial charge in [-0.05, 0) is 18.2 Å². The van der Waals surface area contributed by atoms with E-state index in [1.807, 2.05) is 6.07 Å². The summed E-state index contributed by atoms with van der Waals surface area (Å²) in [6.45, 7) is 1.98. The van der Waals surface area contributed by atoms with E-state index >= 15 is 0 Å². The zero-order valence-corrected chi connectivity index (χ0v) is 9.58. The van der Waals surface area contributed by atoms with Gasteiger partial charge in [0, 0.05) is 12.5 Å². The smallest absolute Gasteiger partial charge is 0.228 e. The van der Waals surface area contributed by atoms with Gasteiger partial charge in [-0.3, -0.25) is 4.79 Å². The Morgan fingerprint density at radius 3 is 2.94 bits per heavy atom. The molecule has 1 aromatic carbocycles. The van der Waals surface area contributed by atoms with Crippen molar-refractivity contribution in [1.29, 1.82) is 5.26 Å². The molecule has 1 aromatic rings.